The van der Waals surface area contributed by atoms with E-state index in [0.29, 0.717) is 41.8 Å². The third-order valence-corrected chi connectivity index (χ3v) is 7.03. The van der Waals surface area contributed by atoms with Crippen LogP contribution in [0.5, 0.6) is 11.5 Å². The van der Waals surface area contributed by atoms with Crippen LogP contribution in [0.4, 0.5) is 15.3 Å². The highest BCUT2D eigenvalue weighted by Crippen LogP contribution is 2.34. The van der Waals surface area contributed by atoms with E-state index in [1.54, 1.807) is 18.2 Å². The summed E-state index contributed by atoms with van der Waals surface area (Å²) in [4.78, 5) is 27.1. The Morgan fingerprint density at radius 3 is 2.49 bits per heavy atom. The highest BCUT2D eigenvalue weighted by atomic mass is 79.9. The average molecular weight is 615 g/mol. The number of hydrogen-bond donors (Lipinski definition) is 2. The van der Waals surface area contributed by atoms with Crippen molar-refractivity contribution >= 4 is 45.3 Å². The number of halogens is 2. The first kappa shape index (κ1) is 28.8. The third kappa shape index (κ3) is 8.38. The molecule has 3 amide bonds. The summed E-state index contributed by atoms with van der Waals surface area (Å²) in [6.45, 7) is 7.12. The van der Waals surface area contributed by atoms with Gasteiger partial charge in [0.2, 0.25) is 0 Å². The first-order valence-corrected chi connectivity index (χ1v) is 14.1. The summed E-state index contributed by atoms with van der Waals surface area (Å²) in [5, 5.41) is 6.34. The van der Waals surface area contributed by atoms with Crippen molar-refractivity contribution in [2.24, 2.45) is 0 Å². The fraction of sp³-hybridized carbons (Fsp3) is 0.333. The summed E-state index contributed by atoms with van der Waals surface area (Å²) in [6, 6.07) is 20.6. The summed E-state index contributed by atoms with van der Waals surface area (Å²) in [7, 11) is 0. The number of alkyl carbamates (subject to hydrolysis) is 1. The molecule has 0 aliphatic carbocycles. The first-order chi connectivity index (χ1) is 18.6. The molecule has 0 atom stereocenters. The van der Waals surface area contributed by atoms with Gasteiger partial charge in [-0.15, -0.1) is 0 Å². The van der Waals surface area contributed by atoms with Crippen LogP contribution in [0.25, 0.3) is 0 Å². The standard InChI is InChI=1S/C30H33BrClN3O4/c1-30(2,3)39-29(37)33-19-21-7-4-5-10-25(21)20-13-15-35(16-14-20)28(36)34-26-18-23(32)11-12-27(26)38-24-9-6-8-22(31)17-24/h4-12,17-18,20H,13-16,19H2,1-3H3,(H,33,37)(H,34,36). The Balaban J connectivity index is 1.37. The number of rotatable bonds is 6. The molecule has 1 aliphatic heterocycles. The van der Waals surface area contributed by atoms with Crippen molar-refractivity contribution in [3.63, 3.8) is 0 Å². The van der Waals surface area contributed by atoms with Gasteiger partial charge in [-0.2, -0.15) is 0 Å². The van der Waals surface area contributed by atoms with Gasteiger partial charge in [-0.3, -0.25) is 0 Å². The first-order valence-electron chi connectivity index (χ1n) is 12.9. The average Bonchev–Trinajstić information content (AvgIpc) is 2.88. The van der Waals surface area contributed by atoms with Crippen molar-refractivity contribution in [1.29, 1.82) is 0 Å². The summed E-state index contributed by atoms with van der Waals surface area (Å²) >= 11 is 9.68. The van der Waals surface area contributed by atoms with Crippen molar-refractivity contribution in [3.8, 4) is 11.5 Å². The second-order valence-corrected chi connectivity index (χ2v) is 11.8. The largest absolute Gasteiger partial charge is 0.455 e. The van der Waals surface area contributed by atoms with Crippen molar-refractivity contribution in [2.45, 2.75) is 51.7 Å². The van der Waals surface area contributed by atoms with E-state index in [-0.39, 0.29) is 11.9 Å². The second kappa shape index (κ2) is 12.7. The smallest absolute Gasteiger partial charge is 0.407 e. The number of likely N-dealkylation sites (tertiary alicyclic amines) is 1. The Bertz CT molecular complexity index is 1320. The second-order valence-electron chi connectivity index (χ2n) is 10.4. The van der Waals surface area contributed by atoms with E-state index >= 15 is 0 Å². The summed E-state index contributed by atoms with van der Waals surface area (Å²) in [5.41, 5.74) is 2.20. The number of anilines is 1. The van der Waals surface area contributed by atoms with Crippen LogP contribution in [0.3, 0.4) is 0 Å². The predicted octanol–water partition coefficient (Wildman–Crippen LogP) is 8.33. The Hall–Kier alpha value is -3.23. The van der Waals surface area contributed by atoms with Gasteiger partial charge >= 0.3 is 12.1 Å². The van der Waals surface area contributed by atoms with Gasteiger partial charge in [-0.1, -0.05) is 57.9 Å². The number of hydrogen-bond acceptors (Lipinski definition) is 4. The highest BCUT2D eigenvalue weighted by Gasteiger charge is 2.26. The number of carbonyl (C=O) groups is 2. The molecule has 0 bridgehead atoms. The molecule has 1 heterocycles. The zero-order chi connectivity index (χ0) is 28.0. The molecular formula is C30H33BrClN3O4. The van der Waals surface area contributed by atoms with Crippen molar-refractivity contribution in [3.05, 3.63) is 87.4 Å². The van der Waals surface area contributed by atoms with Gasteiger partial charge in [-0.25, -0.2) is 9.59 Å². The molecule has 9 heteroatoms. The number of ether oxygens (including phenoxy) is 2. The molecule has 0 radical (unpaired) electrons. The molecule has 2 N–H and O–H groups in total. The minimum atomic E-state index is -0.548. The van der Waals surface area contributed by atoms with E-state index in [0.717, 1.165) is 22.9 Å². The van der Waals surface area contributed by atoms with Crippen molar-refractivity contribution in [2.75, 3.05) is 18.4 Å². The number of nitrogens with one attached hydrogen (secondary N) is 2. The summed E-state index contributed by atoms with van der Waals surface area (Å²) < 4.78 is 12.3. The molecule has 3 aromatic rings. The number of amides is 3. The number of piperidine rings is 1. The van der Waals surface area contributed by atoms with Crippen LogP contribution < -0.4 is 15.4 Å². The van der Waals surface area contributed by atoms with Gasteiger partial charge in [-0.05, 0) is 87.1 Å². The Labute approximate surface area is 242 Å². The minimum absolute atomic E-state index is 0.199. The van der Waals surface area contributed by atoms with E-state index < -0.39 is 11.7 Å². The SMILES string of the molecule is CC(C)(C)OC(=O)NCc1ccccc1C1CCN(C(=O)Nc2cc(Cl)ccc2Oc2cccc(Br)c2)CC1. The van der Waals surface area contributed by atoms with Crippen LogP contribution in [-0.4, -0.2) is 35.7 Å². The lowest BCUT2D eigenvalue weighted by Crippen LogP contribution is -2.40. The van der Waals surface area contributed by atoms with E-state index in [4.69, 9.17) is 21.1 Å². The van der Waals surface area contributed by atoms with Crippen LogP contribution in [0.2, 0.25) is 5.02 Å². The maximum Gasteiger partial charge on any atom is 0.407 e. The van der Waals surface area contributed by atoms with Gasteiger partial charge < -0.3 is 25.0 Å². The third-order valence-electron chi connectivity index (χ3n) is 6.31. The number of urea groups is 1. The van der Waals surface area contributed by atoms with E-state index in [9.17, 15) is 9.59 Å². The highest BCUT2D eigenvalue weighted by molar-refractivity contribution is 9.10. The molecule has 1 aliphatic rings. The van der Waals surface area contributed by atoms with Gasteiger partial charge in [0.1, 0.15) is 11.4 Å². The van der Waals surface area contributed by atoms with Crippen molar-refractivity contribution < 1.29 is 19.1 Å². The normalized spacial score (nSPS) is 14.0. The maximum absolute atomic E-state index is 13.2. The lowest BCUT2D eigenvalue weighted by molar-refractivity contribution is 0.0523. The molecule has 3 aromatic carbocycles. The van der Waals surface area contributed by atoms with Crippen LogP contribution in [-0.2, 0) is 11.3 Å². The lowest BCUT2D eigenvalue weighted by Gasteiger charge is -2.33. The topological polar surface area (TPSA) is 79.9 Å². The Morgan fingerprint density at radius 2 is 1.77 bits per heavy atom. The molecule has 4 rings (SSSR count). The molecule has 39 heavy (non-hydrogen) atoms. The number of carbonyl (C=O) groups excluding carboxylic acids is 2. The zero-order valence-corrected chi connectivity index (χ0v) is 24.6. The van der Waals surface area contributed by atoms with Gasteiger partial charge in [0, 0.05) is 29.1 Å². The number of nitrogens with zero attached hydrogens (tertiary/aromatic N) is 1. The molecule has 206 valence electrons. The fourth-order valence-corrected chi connectivity index (χ4v) is 5.06. The van der Waals surface area contributed by atoms with Gasteiger partial charge in [0.15, 0.2) is 5.75 Å². The molecular weight excluding hydrogens is 582 g/mol. The Morgan fingerprint density at radius 1 is 1.03 bits per heavy atom. The Kier molecular flexibility index (Phi) is 9.40. The molecule has 0 unspecified atom stereocenters. The zero-order valence-electron chi connectivity index (χ0n) is 22.3. The minimum Gasteiger partial charge on any atom is -0.455 e. The predicted molar refractivity (Wildman–Crippen MR) is 158 cm³/mol. The maximum atomic E-state index is 13.2. The summed E-state index contributed by atoms with van der Waals surface area (Å²) in [5.74, 6) is 1.43. The number of benzene rings is 3. The molecule has 1 fully saturated rings. The molecule has 0 saturated carbocycles. The van der Waals surface area contributed by atoms with Crippen LogP contribution in [0.1, 0.15) is 50.7 Å². The van der Waals surface area contributed by atoms with E-state index in [1.807, 2.05) is 68.1 Å². The van der Waals surface area contributed by atoms with E-state index in [2.05, 4.69) is 32.6 Å². The lowest BCUT2D eigenvalue weighted by atomic mass is 9.86. The molecule has 1 saturated heterocycles. The van der Waals surface area contributed by atoms with Gasteiger partial charge in [0.05, 0.1) is 5.69 Å². The molecule has 7 nitrogen and oxygen atoms in total. The van der Waals surface area contributed by atoms with Gasteiger partial charge in [0.25, 0.3) is 0 Å². The van der Waals surface area contributed by atoms with Crippen LogP contribution >= 0.6 is 27.5 Å². The van der Waals surface area contributed by atoms with Crippen LogP contribution in [0, 0.1) is 0 Å². The fourth-order valence-electron chi connectivity index (χ4n) is 4.51. The van der Waals surface area contributed by atoms with Crippen molar-refractivity contribution in [1.82, 2.24) is 10.2 Å². The van der Waals surface area contributed by atoms with E-state index in [1.165, 1.54) is 5.56 Å². The summed E-state index contributed by atoms with van der Waals surface area (Å²) in [6.07, 6.45) is 1.19. The quantitative estimate of drug-likeness (QED) is 0.293. The molecule has 0 aromatic heterocycles. The van der Waals surface area contributed by atoms with Crippen LogP contribution in [0.15, 0.2) is 71.2 Å². The molecule has 0 spiro atoms. The monoisotopic (exact) mass is 613 g/mol.